The lowest BCUT2D eigenvalue weighted by molar-refractivity contribution is 0.170. The zero-order chi connectivity index (χ0) is 15.0. The van der Waals surface area contributed by atoms with E-state index in [2.05, 4.69) is 0 Å². The minimum Gasteiger partial charge on any atom is -0.486 e. The van der Waals surface area contributed by atoms with Crippen LogP contribution in [0, 0.1) is 0 Å². The van der Waals surface area contributed by atoms with Crippen LogP contribution in [0.5, 0.6) is 11.5 Å². The lowest BCUT2D eigenvalue weighted by Gasteiger charge is -2.37. The Hall–Kier alpha value is -1.27. The molecule has 5 nitrogen and oxygen atoms in total. The van der Waals surface area contributed by atoms with Crippen molar-refractivity contribution in [2.75, 3.05) is 13.2 Å². The summed E-state index contributed by atoms with van der Waals surface area (Å²) in [6.45, 7) is 4.91. The zero-order valence-corrected chi connectivity index (χ0v) is 13.2. The Morgan fingerprint density at radius 1 is 1.05 bits per heavy atom. The van der Waals surface area contributed by atoms with Crippen LogP contribution in [0.15, 0.2) is 23.1 Å². The van der Waals surface area contributed by atoms with E-state index in [0.717, 1.165) is 19.3 Å². The first-order valence-electron chi connectivity index (χ1n) is 7.43. The number of hydrogen-bond acceptors (Lipinski definition) is 4. The minimum absolute atomic E-state index is 0.0342. The van der Waals surface area contributed by atoms with Gasteiger partial charge in [0.15, 0.2) is 11.5 Å². The van der Waals surface area contributed by atoms with Crippen LogP contribution in [0.2, 0.25) is 0 Å². The summed E-state index contributed by atoms with van der Waals surface area (Å²) in [5.41, 5.74) is 0. The summed E-state index contributed by atoms with van der Waals surface area (Å²) in [6, 6.07) is 4.94. The van der Waals surface area contributed by atoms with E-state index in [0.29, 0.717) is 24.7 Å². The number of rotatable bonds is 2. The molecule has 6 heteroatoms. The Bertz CT molecular complexity index is 619. The fourth-order valence-electron chi connectivity index (χ4n) is 3.18. The van der Waals surface area contributed by atoms with Gasteiger partial charge in [0.2, 0.25) is 10.0 Å². The van der Waals surface area contributed by atoms with E-state index in [1.54, 1.807) is 22.5 Å². The van der Waals surface area contributed by atoms with Gasteiger partial charge in [-0.3, -0.25) is 0 Å². The van der Waals surface area contributed by atoms with Gasteiger partial charge in [0.1, 0.15) is 13.2 Å². The van der Waals surface area contributed by atoms with Gasteiger partial charge in [0.25, 0.3) is 0 Å². The van der Waals surface area contributed by atoms with Gasteiger partial charge < -0.3 is 9.47 Å². The number of nitrogens with zero attached hydrogens (tertiary/aromatic N) is 1. The molecular weight excluding hydrogens is 290 g/mol. The number of ether oxygens (including phenoxy) is 2. The molecule has 0 spiro atoms. The monoisotopic (exact) mass is 311 g/mol. The molecule has 0 amide bonds. The average molecular weight is 311 g/mol. The molecule has 0 saturated carbocycles. The molecule has 0 bridgehead atoms. The van der Waals surface area contributed by atoms with E-state index in [1.165, 1.54) is 0 Å². The van der Waals surface area contributed by atoms with Crippen molar-refractivity contribution in [3.63, 3.8) is 0 Å². The van der Waals surface area contributed by atoms with Gasteiger partial charge in [0.05, 0.1) is 4.90 Å². The molecule has 1 saturated heterocycles. The van der Waals surface area contributed by atoms with Crippen molar-refractivity contribution >= 4 is 10.0 Å². The third-order valence-corrected chi connectivity index (χ3v) is 6.33. The van der Waals surface area contributed by atoms with E-state index < -0.39 is 10.0 Å². The van der Waals surface area contributed by atoms with Crippen molar-refractivity contribution in [2.24, 2.45) is 0 Å². The first-order chi connectivity index (χ1) is 10.00. The fraction of sp³-hybridized carbons (Fsp3) is 0.600. The third kappa shape index (κ3) is 2.62. The van der Waals surface area contributed by atoms with Crippen LogP contribution < -0.4 is 9.47 Å². The van der Waals surface area contributed by atoms with E-state index >= 15 is 0 Å². The lowest BCUT2D eigenvalue weighted by Crippen LogP contribution is -2.47. The number of fused-ring (bicyclic) bond motifs is 1. The van der Waals surface area contributed by atoms with Gasteiger partial charge in [-0.2, -0.15) is 4.31 Å². The molecule has 0 aromatic heterocycles. The Balaban J connectivity index is 1.97. The zero-order valence-electron chi connectivity index (χ0n) is 12.4. The molecule has 1 fully saturated rings. The highest BCUT2D eigenvalue weighted by Gasteiger charge is 2.36. The van der Waals surface area contributed by atoms with Crippen LogP contribution in [0.3, 0.4) is 0 Å². The van der Waals surface area contributed by atoms with Crippen molar-refractivity contribution < 1.29 is 17.9 Å². The van der Waals surface area contributed by atoms with Crippen molar-refractivity contribution in [2.45, 2.75) is 50.1 Å². The molecule has 116 valence electrons. The van der Waals surface area contributed by atoms with Crippen LogP contribution in [0.25, 0.3) is 0 Å². The molecule has 2 atom stereocenters. The quantitative estimate of drug-likeness (QED) is 0.841. The molecule has 0 aliphatic carbocycles. The lowest BCUT2D eigenvalue weighted by atomic mass is 10.0. The number of hydrogen-bond donors (Lipinski definition) is 0. The maximum absolute atomic E-state index is 12.9. The molecule has 2 unspecified atom stereocenters. The van der Waals surface area contributed by atoms with Crippen molar-refractivity contribution in [1.29, 1.82) is 0 Å². The predicted octanol–water partition coefficient (Wildman–Crippen LogP) is 2.41. The summed E-state index contributed by atoms with van der Waals surface area (Å²) in [6.07, 6.45) is 2.90. The van der Waals surface area contributed by atoms with Crippen LogP contribution in [-0.2, 0) is 10.0 Å². The minimum atomic E-state index is -3.50. The number of sulfonamides is 1. The Labute approximate surface area is 125 Å². The smallest absolute Gasteiger partial charge is 0.243 e. The topological polar surface area (TPSA) is 55.8 Å². The second-order valence-electron chi connectivity index (χ2n) is 5.77. The van der Waals surface area contributed by atoms with E-state index in [-0.39, 0.29) is 17.0 Å². The van der Waals surface area contributed by atoms with E-state index in [1.807, 2.05) is 13.8 Å². The second-order valence-corrected chi connectivity index (χ2v) is 7.61. The Kier molecular flexibility index (Phi) is 3.84. The molecule has 0 radical (unpaired) electrons. The molecule has 2 aliphatic rings. The highest BCUT2D eigenvalue weighted by atomic mass is 32.2. The third-order valence-electron chi connectivity index (χ3n) is 4.20. The van der Waals surface area contributed by atoms with Gasteiger partial charge in [-0.25, -0.2) is 8.42 Å². The highest BCUT2D eigenvalue weighted by molar-refractivity contribution is 7.89. The van der Waals surface area contributed by atoms with Crippen LogP contribution in [0.4, 0.5) is 0 Å². The maximum atomic E-state index is 12.9. The molecule has 3 rings (SSSR count). The van der Waals surface area contributed by atoms with Crippen molar-refractivity contribution in [3.05, 3.63) is 18.2 Å². The molecule has 2 heterocycles. The van der Waals surface area contributed by atoms with Crippen molar-refractivity contribution in [3.8, 4) is 11.5 Å². The maximum Gasteiger partial charge on any atom is 0.243 e. The van der Waals surface area contributed by atoms with Crippen molar-refractivity contribution in [1.82, 2.24) is 4.31 Å². The number of benzene rings is 1. The molecular formula is C15H21NO4S. The summed E-state index contributed by atoms with van der Waals surface area (Å²) in [7, 11) is -3.50. The molecule has 21 heavy (non-hydrogen) atoms. The van der Waals surface area contributed by atoms with Crippen LogP contribution >= 0.6 is 0 Å². The fourth-order valence-corrected chi connectivity index (χ4v) is 5.08. The largest absolute Gasteiger partial charge is 0.486 e. The highest BCUT2D eigenvalue weighted by Crippen LogP contribution is 2.35. The number of piperidine rings is 1. The predicted molar refractivity (Wildman–Crippen MR) is 79.2 cm³/mol. The van der Waals surface area contributed by atoms with Gasteiger partial charge >= 0.3 is 0 Å². The molecule has 1 aromatic rings. The summed E-state index contributed by atoms with van der Waals surface area (Å²) < 4.78 is 38.4. The van der Waals surface area contributed by atoms with Gasteiger partial charge in [0, 0.05) is 18.2 Å². The average Bonchev–Trinajstić information content (AvgIpc) is 2.46. The molecule has 2 aliphatic heterocycles. The second kappa shape index (κ2) is 5.50. The van der Waals surface area contributed by atoms with Gasteiger partial charge in [-0.15, -0.1) is 0 Å². The SMILES string of the molecule is CC1CCCC(C)N1S(=O)(=O)c1ccc2c(c1)OCCO2. The standard InChI is InChI=1S/C15H21NO4S/c1-11-4-3-5-12(2)16(11)21(17,18)13-6-7-14-15(10-13)20-9-8-19-14/h6-7,10-12H,3-5,8-9H2,1-2H3. The van der Waals surface area contributed by atoms with E-state index in [9.17, 15) is 8.42 Å². The van der Waals surface area contributed by atoms with E-state index in [4.69, 9.17) is 9.47 Å². The Morgan fingerprint density at radius 2 is 1.67 bits per heavy atom. The molecule has 0 N–H and O–H groups in total. The van der Waals surface area contributed by atoms with Crippen LogP contribution in [-0.4, -0.2) is 38.0 Å². The summed E-state index contributed by atoms with van der Waals surface area (Å²) in [4.78, 5) is 0.285. The summed E-state index contributed by atoms with van der Waals surface area (Å²) in [5.74, 6) is 1.12. The normalized spacial score (nSPS) is 26.6. The first kappa shape index (κ1) is 14.7. The van der Waals surface area contributed by atoms with Gasteiger partial charge in [-0.05, 0) is 38.8 Å². The molecule has 1 aromatic carbocycles. The van der Waals surface area contributed by atoms with Gasteiger partial charge in [-0.1, -0.05) is 6.42 Å². The Morgan fingerprint density at radius 3 is 2.33 bits per heavy atom. The first-order valence-corrected chi connectivity index (χ1v) is 8.87. The summed E-state index contributed by atoms with van der Waals surface area (Å²) >= 11 is 0. The summed E-state index contributed by atoms with van der Waals surface area (Å²) in [5, 5.41) is 0. The van der Waals surface area contributed by atoms with Crippen LogP contribution in [0.1, 0.15) is 33.1 Å².